The Balaban J connectivity index is 2.56. The third-order valence-electron chi connectivity index (χ3n) is 4.37. The predicted octanol–water partition coefficient (Wildman–Crippen LogP) is 1.28. The van der Waals surface area contributed by atoms with Gasteiger partial charge in [-0.05, 0) is 38.0 Å². The van der Waals surface area contributed by atoms with E-state index in [0.29, 0.717) is 5.56 Å². The molecule has 1 N–H and O–H groups in total. The van der Waals surface area contributed by atoms with E-state index in [1.54, 1.807) is 20.8 Å². The summed E-state index contributed by atoms with van der Waals surface area (Å²) in [6, 6.07) is 3.91. The molecule has 9 heteroatoms. The van der Waals surface area contributed by atoms with E-state index in [1.807, 2.05) is 0 Å². The van der Waals surface area contributed by atoms with Crippen LogP contribution in [0, 0.1) is 6.92 Å². The van der Waals surface area contributed by atoms with Gasteiger partial charge in [0.05, 0.1) is 22.0 Å². The van der Waals surface area contributed by atoms with Gasteiger partial charge in [-0.3, -0.25) is 0 Å². The number of nitrogens with zero attached hydrogens (tertiary/aromatic N) is 1. The van der Waals surface area contributed by atoms with Crippen LogP contribution in [0.5, 0.6) is 0 Å². The topological polar surface area (TPSA) is 109 Å². The van der Waals surface area contributed by atoms with E-state index in [-0.39, 0.29) is 34.9 Å². The number of hydrogen-bond acceptors (Lipinski definition) is 5. The molecule has 0 aromatic heterocycles. The van der Waals surface area contributed by atoms with E-state index in [0.717, 1.165) is 6.07 Å². The molecule has 24 heavy (non-hydrogen) atoms. The number of carbonyl (C=O) groups is 1. The molecule has 0 amide bonds. The predicted molar refractivity (Wildman–Crippen MR) is 89.4 cm³/mol. The van der Waals surface area contributed by atoms with E-state index < -0.39 is 31.4 Å². The van der Waals surface area contributed by atoms with E-state index in [4.69, 9.17) is 5.11 Å². The second-order valence-electron chi connectivity index (χ2n) is 6.29. The van der Waals surface area contributed by atoms with Crippen molar-refractivity contribution >= 4 is 25.8 Å². The highest BCUT2D eigenvalue weighted by molar-refractivity contribution is 7.92. The summed E-state index contributed by atoms with van der Waals surface area (Å²) >= 11 is 0. The zero-order chi connectivity index (χ0) is 18.3. The number of sulfone groups is 1. The van der Waals surface area contributed by atoms with Crippen molar-refractivity contribution in [1.82, 2.24) is 4.31 Å². The van der Waals surface area contributed by atoms with Crippen LogP contribution in [-0.2, 0) is 19.9 Å². The lowest BCUT2D eigenvalue weighted by Crippen LogP contribution is -2.50. The van der Waals surface area contributed by atoms with Gasteiger partial charge in [-0.2, -0.15) is 4.31 Å². The maximum atomic E-state index is 13.1. The van der Waals surface area contributed by atoms with Gasteiger partial charge in [-0.25, -0.2) is 21.6 Å². The Bertz CT molecular complexity index is 875. The Morgan fingerprint density at radius 3 is 2.46 bits per heavy atom. The molecule has 0 aliphatic carbocycles. The van der Waals surface area contributed by atoms with Gasteiger partial charge in [-0.15, -0.1) is 0 Å². The number of aromatic carboxylic acids is 1. The molecule has 2 rings (SSSR count). The first-order chi connectivity index (χ1) is 10.9. The summed E-state index contributed by atoms with van der Waals surface area (Å²) in [5.74, 6) is -1.50. The minimum Gasteiger partial charge on any atom is -0.478 e. The quantitative estimate of drug-likeness (QED) is 0.830. The van der Waals surface area contributed by atoms with Crippen LogP contribution in [0.2, 0.25) is 0 Å². The van der Waals surface area contributed by atoms with Gasteiger partial charge in [0, 0.05) is 12.1 Å². The largest absolute Gasteiger partial charge is 0.478 e. The van der Waals surface area contributed by atoms with Crippen LogP contribution in [0.4, 0.5) is 0 Å². The number of rotatable bonds is 5. The standard InChI is InChI=1S/C15H21NO6S2/c1-4-16(15(3)7-8-23(19,20)10-15)24(21,22)13-9-12(14(17)18)6-5-11(13)2/h5-6,9H,4,7-8,10H2,1-3H3,(H,17,18)/t15-/m0/s1. The van der Waals surface area contributed by atoms with Crippen molar-refractivity contribution < 1.29 is 26.7 Å². The van der Waals surface area contributed by atoms with Crippen LogP contribution in [0.25, 0.3) is 0 Å². The summed E-state index contributed by atoms with van der Waals surface area (Å²) < 4.78 is 51.1. The number of hydrogen-bond donors (Lipinski definition) is 1. The molecule has 0 bridgehead atoms. The van der Waals surface area contributed by atoms with Crippen LogP contribution in [0.3, 0.4) is 0 Å². The molecule has 1 atom stereocenters. The first kappa shape index (κ1) is 18.9. The molecule has 0 saturated carbocycles. The molecule has 1 aromatic carbocycles. The van der Waals surface area contributed by atoms with Crippen LogP contribution in [0.15, 0.2) is 23.1 Å². The van der Waals surface area contributed by atoms with Crippen LogP contribution < -0.4 is 0 Å². The molecule has 134 valence electrons. The average molecular weight is 375 g/mol. The highest BCUT2D eigenvalue weighted by Crippen LogP contribution is 2.34. The first-order valence-corrected chi connectivity index (χ1v) is 10.8. The van der Waals surface area contributed by atoms with Crippen molar-refractivity contribution in [1.29, 1.82) is 0 Å². The van der Waals surface area contributed by atoms with E-state index >= 15 is 0 Å². The van der Waals surface area contributed by atoms with Gasteiger partial charge >= 0.3 is 5.97 Å². The van der Waals surface area contributed by atoms with Crippen LogP contribution in [-0.4, -0.2) is 55.8 Å². The summed E-state index contributed by atoms with van der Waals surface area (Å²) in [5, 5.41) is 9.10. The summed E-state index contributed by atoms with van der Waals surface area (Å²) in [7, 11) is -7.31. The second-order valence-corrected chi connectivity index (χ2v) is 10.3. The summed E-state index contributed by atoms with van der Waals surface area (Å²) in [6.07, 6.45) is 0.222. The van der Waals surface area contributed by atoms with E-state index in [2.05, 4.69) is 0 Å². The molecular formula is C15H21NO6S2. The Morgan fingerprint density at radius 2 is 2.00 bits per heavy atom. The smallest absolute Gasteiger partial charge is 0.335 e. The summed E-state index contributed by atoms with van der Waals surface area (Å²) in [6.45, 7) is 4.95. The maximum absolute atomic E-state index is 13.1. The zero-order valence-electron chi connectivity index (χ0n) is 13.8. The van der Waals surface area contributed by atoms with Crippen molar-refractivity contribution in [3.63, 3.8) is 0 Å². The number of aryl methyl sites for hydroxylation is 1. The maximum Gasteiger partial charge on any atom is 0.335 e. The fourth-order valence-corrected chi connectivity index (χ4v) is 7.45. The van der Waals surface area contributed by atoms with Crippen molar-refractivity contribution in [2.24, 2.45) is 0 Å². The van der Waals surface area contributed by atoms with E-state index in [1.165, 1.54) is 16.4 Å². The molecule has 1 fully saturated rings. The molecular weight excluding hydrogens is 354 g/mol. The van der Waals surface area contributed by atoms with Crippen molar-refractivity contribution in [2.75, 3.05) is 18.1 Å². The molecule has 1 aliphatic heterocycles. The Kier molecular flexibility index (Phi) is 4.82. The summed E-state index contributed by atoms with van der Waals surface area (Å²) in [4.78, 5) is 11.0. The molecule has 1 aromatic rings. The number of benzene rings is 1. The zero-order valence-corrected chi connectivity index (χ0v) is 15.4. The number of carboxylic acid groups (broad SMARTS) is 1. The first-order valence-electron chi connectivity index (χ1n) is 7.50. The second kappa shape index (κ2) is 6.12. The lowest BCUT2D eigenvalue weighted by atomic mass is 10.0. The van der Waals surface area contributed by atoms with Crippen LogP contribution in [0.1, 0.15) is 36.2 Å². The molecule has 7 nitrogen and oxygen atoms in total. The molecule has 0 radical (unpaired) electrons. The number of carboxylic acids is 1. The third kappa shape index (κ3) is 3.33. The lowest BCUT2D eigenvalue weighted by molar-refractivity contribution is 0.0696. The van der Waals surface area contributed by atoms with Gasteiger partial charge in [0.25, 0.3) is 0 Å². The molecule has 0 unspecified atom stereocenters. The molecule has 0 spiro atoms. The highest BCUT2D eigenvalue weighted by Gasteiger charge is 2.47. The van der Waals surface area contributed by atoms with Crippen LogP contribution >= 0.6 is 0 Å². The minimum atomic E-state index is -4.02. The average Bonchev–Trinajstić information content (AvgIpc) is 2.73. The van der Waals surface area contributed by atoms with Crippen molar-refractivity contribution in [2.45, 2.75) is 37.6 Å². The van der Waals surface area contributed by atoms with Gasteiger partial charge < -0.3 is 5.11 Å². The van der Waals surface area contributed by atoms with Crippen molar-refractivity contribution in [3.8, 4) is 0 Å². The molecule has 1 saturated heterocycles. The SMILES string of the molecule is CCN([C@@]1(C)CCS(=O)(=O)C1)S(=O)(=O)c1cc(C(=O)O)ccc1C. The van der Waals surface area contributed by atoms with Crippen molar-refractivity contribution in [3.05, 3.63) is 29.3 Å². The molecule has 1 aliphatic rings. The highest BCUT2D eigenvalue weighted by atomic mass is 32.2. The molecule has 1 heterocycles. The third-order valence-corrected chi connectivity index (χ3v) is 8.54. The van der Waals surface area contributed by atoms with Gasteiger partial charge in [0.1, 0.15) is 0 Å². The fourth-order valence-electron chi connectivity index (χ4n) is 3.16. The lowest BCUT2D eigenvalue weighted by Gasteiger charge is -2.36. The monoisotopic (exact) mass is 375 g/mol. The van der Waals surface area contributed by atoms with Gasteiger partial charge in [-0.1, -0.05) is 13.0 Å². The van der Waals surface area contributed by atoms with Gasteiger partial charge in [0.2, 0.25) is 10.0 Å². The Hall–Kier alpha value is -1.45. The van der Waals surface area contributed by atoms with Gasteiger partial charge in [0.15, 0.2) is 9.84 Å². The normalized spacial score (nSPS) is 23.5. The Morgan fingerprint density at radius 1 is 1.38 bits per heavy atom. The number of sulfonamides is 1. The fraction of sp³-hybridized carbons (Fsp3) is 0.533. The minimum absolute atomic E-state index is 0.0519. The Labute approximate surface area is 142 Å². The van der Waals surface area contributed by atoms with E-state index in [9.17, 15) is 21.6 Å². The summed E-state index contributed by atoms with van der Waals surface area (Å²) in [5.41, 5.74) is -0.736.